The minimum Gasteiger partial charge on any atom is -0.325 e. The van der Waals surface area contributed by atoms with Crippen LogP contribution in [0.25, 0.3) is 0 Å². The number of amides is 2. The molecular formula is C23H22N2O2. The zero-order valence-electron chi connectivity index (χ0n) is 15.2. The number of carbonyl (C=O) groups excluding carboxylic acids is 2. The van der Waals surface area contributed by atoms with Gasteiger partial charge in [-0.05, 0) is 48.7 Å². The van der Waals surface area contributed by atoms with Crippen LogP contribution in [0.4, 0.5) is 11.4 Å². The van der Waals surface area contributed by atoms with Crippen molar-refractivity contribution < 1.29 is 9.59 Å². The Labute approximate surface area is 159 Å². The van der Waals surface area contributed by atoms with Gasteiger partial charge in [0.1, 0.15) is 0 Å². The van der Waals surface area contributed by atoms with Gasteiger partial charge in [-0.3, -0.25) is 9.59 Å². The SMILES string of the molecule is Cc1cccc(NC(=O)c2ccccc2NC(=O)CCc2ccccc2)c1. The highest BCUT2D eigenvalue weighted by atomic mass is 16.2. The lowest BCUT2D eigenvalue weighted by atomic mass is 10.1. The van der Waals surface area contributed by atoms with Gasteiger partial charge in [0, 0.05) is 12.1 Å². The van der Waals surface area contributed by atoms with Gasteiger partial charge < -0.3 is 10.6 Å². The quantitative estimate of drug-likeness (QED) is 0.664. The first kappa shape index (κ1) is 18.4. The van der Waals surface area contributed by atoms with E-state index in [9.17, 15) is 9.59 Å². The van der Waals surface area contributed by atoms with Crippen molar-refractivity contribution >= 4 is 23.2 Å². The predicted octanol–water partition coefficient (Wildman–Crippen LogP) is 4.82. The molecule has 0 aliphatic rings. The molecule has 4 nitrogen and oxygen atoms in total. The van der Waals surface area contributed by atoms with Gasteiger partial charge in [-0.15, -0.1) is 0 Å². The van der Waals surface area contributed by atoms with Gasteiger partial charge in [-0.1, -0.05) is 54.6 Å². The lowest BCUT2D eigenvalue weighted by molar-refractivity contribution is -0.116. The van der Waals surface area contributed by atoms with Crippen molar-refractivity contribution in [2.24, 2.45) is 0 Å². The van der Waals surface area contributed by atoms with E-state index in [-0.39, 0.29) is 11.8 Å². The summed E-state index contributed by atoms with van der Waals surface area (Å²) >= 11 is 0. The highest BCUT2D eigenvalue weighted by Gasteiger charge is 2.13. The molecule has 4 heteroatoms. The number of nitrogens with one attached hydrogen (secondary N) is 2. The van der Waals surface area contributed by atoms with Crippen LogP contribution in [0.2, 0.25) is 0 Å². The van der Waals surface area contributed by atoms with Crippen molar-refractivity contribution in [3.05, 3.63) is 95.6 Å². The van der Waals surface area contributed by atoms with E-state index in [2.05, 4.69) is 10.6 Å². The normalized spacial score (nSPS) is 10.3. The average Bonchev–Trinajstić information content (AvgIpc) is 2.67. The second-order valence-corrected chi connectivity index (χ2v) is 6.40. The Morgan fingerprint density at radius 3 is 2.33 bits per heavy atom. The van der Waals surface area contributed by atoms with Gasteiger partial charge >= 0.3 is 0 Å². The topological polar surface area (TPSA) is 58.2 Å². The molecule has 136 valence electrons. The van der Waals surface area contributed by atoms with Crippen LogP contribution in [0.3, 0.4) is 0 Å². The van der Waals surface area contributed by atoms with E-state index in [4.69, 9.17) is 0 Å². The van der Waals surface area contributed by atoms with Gasteiger partial charge in [0.2, 0.25) is 5.91 Å². The van der Waals surface area contributed by atoms with Crippen LogP contribution in [0.5, 0.6) is 0 Å². The lowest BCUT2D eigenvalue weighted by Gasteiger charge is -2.12. The number of rotatable bonds is 6. The summed E-state index contributed by atoms with van der Waals surface area (Å²) in [6.45, 7) is 1.97. The van der Waals surface area contributed by atoms with Crippen molar-refractivity contribution in [1.29, 1.82) is 0 Å². The minimum absolute atomic E-state index is 0.116. The molecule has 0 aliphatic carbocycles. The molecule has 0 saturated carbocycles. The molecule has 0 heterocycles. The molecule has 3 rings (SSSR count). The van der Waals surface area contributed by atoms with Crippen molar-refractivity contribution in [1.82, 2.24) is 0 Å². The molecular weight excluding hydrogens is 336 g/mol. The fraction of sp³-hybridized carbons (Fsp3) is 0.130. The number of aryl methyl sites for hydroxylation is 2. The van der Waals surface area contributed by atoms with Gasteiger partial charge in [0.05, 0.1) is 11.3 Å². The van der Waals surface area contributed by atoms with Crippen LogP contribution in [0.1, 0.15) is 27.9 Å². The fourth-order valence-corrected chi connectivity index (χ4v) is 2.83. The number of hydrogen-bond donors (Lipinski definition) is 2. The van der Waals surface area contributed by atoms with Crippen molar-refractivity contribution in [2.75, 3.05) is 10.6 Å². The van der Waals surface area contributed by atoms with E-state index >= 15 is 0 Å². The summed E-state index contributed by atoms with van der Waals surface area (Å²) in [6.07, 6.45) is 1.02. The maximum absolute atomic E-state index is 12.6. The standard InChI is InChI=1S/C23H22N2O2/c1-17-8-7-11-19(16-17)24-23(27)20-12-5-6-13-21(20)25-22(26)15-14-18-9-3-2-4-10-18/h2-13,16H,14-15H2,1H3,(H,24,27)(H,25,26). The molecule has 0 atom stereocenters. The Morgan fingerprint density at radius 1 is 0.815 bits per heavy atom. The third kappa shape index (κ3) is 5.28. The number of hydrogen-bond acceptors (Lipinski definition) is 2. The molecule has 0 bridgehead atoms. The van der Waals surface area contributed by atoms with E-state index in [1.807, 2.05) is 61.5 Å². The van der Waals surface area contributed by atoms with Crippen molar-refractivity contribution in [2.45, 2.75) is 19.8 Å². The third-order valence-corrected chi connectivity index (χ3v) is 4.21. The van der Waals surface area contributed by atoms with Crippen LogP contribution in [0, 0.1) is 6.92 Å². The van der Waals surface area contributed by atoms with Gasteiger partial charge in [-0.25, -0.2) is 0 Å². The van der Waals surface area contributed by atoms with E-state index < -0.39 is 0 Å². The largest absolute Gasteiger partial charge is 0.325 e. The zero-order valence-corrected chi connectivity index (χ0v) is 15.2. The van der Waals surface area contributed by atoms with Crippen molar-refractivity contribution in [3.63, 3.8) is 0 Å². The summed E-state index contributed by atoms with van der Waals surface area (Å²) in [4.78, 5) is 25.0. The molecule has 0 aliphatic heterocycles. The zero-order chi connectivity index (χ0) is 19.1. The first-order chi connectivity index (χ1) is 13.1. The van der Waals surface area contributed by atoms with Crippen LogP contribution < -0.4 is 10.6 Å². The smallest absolute Gasteiger partial charge is 0.257 e. The summed E-state index contributed by atoms with van der Waals surface area (Å²) in [6, 6.07) is 24.5. The maximum atomic E-state index is 12.6. The van der Waals surface area contributed by atoms with Crippen LogP contribution in [-0.2, 0) is 11.2 Å². The molecule has 0 saturated heterocycles. The molecule has 0 aromatic heterocycles. The van der Waals surface area contributed by atoms with Crippen LogP contribution >= 0.6 is 0 Å². The second-order valence-electron chi connectivity index (χ2n) is 6.40. The summed E-state index contributed by atoms with van der Waals surface area (Å²) < 4.78 is 0. The van der Waals surface area contributed by atoms with E-state index in [0.717, 1.165) is 16.8 Å². The van der Waals surface area contributed by atoms with Gasteiger partial charge in [0.25, 0.3) is 5.91 Å². The Bertz CT molecular complexity index is 936. The molecule has 0 radical (unpaired) electrons. The lowest BCUT2D eigenvalue weighted by Crippen LogP contribution is -2.18. The van der Waals surface area contributed by atoms with E-state index in [1.165, 1.54) is 0 Å². The summed E-state index contributed by atoms with van der Waals surface area (Å²) in [5.41, 5.74) is 3.85. The average molecular weight is 358 g/mol. The Balaban J connectivity index is 1.66. The predicted molar refractivity (Wildman–Crippen MR) is 109 cm³/mol. The minimum atomic E-state index is -0.250. The van der Waals surface area contributed by atoms with Crippen molar-refractivity contribution in [3.8, 4) is 0 Å². The fourth-order valence-electron chi connectivity index (χ4n) is 2.83. The highest BCUT2D eigenvalue weighted by molar-refractivity contribution is 6.10. The van der Waals surface area contributed by atoms with E-state index in [1.54, 1.807) is 24.3 Å². The maximum Gasteiger partial charge on any atom is 0.257 e. The van der Waals surface area contributed by atoms with Crippen LogP contribution in [-0.4, -0.2) is 11.8 Å². The van der Waals surface area contributed by atoms with Crippen LogP contribution in [0.15, 0.2) is 78.9 Å². The first-order valence-electron chi connectivity index (χ1n) is 8.92. The third-order valence-electron chi connectivity index (χ3n) is 4.21. The van der Waals surface area contributed by atoms with E-state index in [0.29, 0.717) is 24.1 Å². The Hall–Kier alpha value is -3.40. The Morgan fingerprint density at radius 2 is 1.56 bits per heavy atom. The Kier molecular flexibility index (Phi) is 6.00. The highest BCUT2D eigenvalue weighted by Crippen LogP contribution is 2.18. The number of benzene rings is 3. The molecule has 2 amide bonds. The number of anilines is 2. The summed E-state index contributed by atoms with van der Waals surface area (Å²) in [7, 11) is 0. The molecule has 3 aromatic rings. The van der Waals surface area contributed by atoms with Gasteiger partial charge in [0.15, 0.2) is 0 Å². The molecule has 2 N–H and O–H groups in total. The first-order valence-corrected chi connectivity index (χ1v) is 8.92. The summed E-state index contributed by atoms with van der Waals surface area (Å²) in [5.74, 6) is -0.366. The van der Waals surface area contributed by atoms with Gasteiger partial charge in [-0.2, -0.15) is 0 Å². The summed E-state index contributed by atoms with van der Waals surface area (Å²) in [5, 5.41) is 5.74. The number of carbonyl (C=O) groups is 2. The molecule has 27 heavy (non-hydrogen) atoms. The number of para-hydroxylation sites is 1. The second kappa shape index (κ2) is 8.81. The molecule has 3 aromatic carbocycles. The molecule has 0 unspecified atom stereocenters. The molecule has 0 spiro atoms. The molecule has 0 fully saturated rings. The monoisotopic (exact) mass is 358 g/mol.